The van der Waals surface area contributed by atoms with E-state index in [0.717, 1.165) is 12.7 Å². The van der Waals surface area contributed by atoms with Crippen molar-refractivity contribution in [2.75, 3.05) is 6.61 Å². The fraction of sp³-hybridized carbons (Fsp3) is 0.214. The molecule has 1 aromatic carbocycles. The molecule has 5 heteroatoms. The number of nitrogens with zero attached hydrogens (tertiary/aromatic N) is 1. The van der Waals surface area contributed by atoms with Gasteiger partial charge in [-0.25, -0.2) is 9.78 Å². The van der Waals surface area contributed by atoms with Crippen molar-refractivity contribution < 1.29 is 14.3 Å². The molecule has 0 amide bonds. The summed E-state index contributed by atoms with van der Waals surface area (Å²) in [5, 5.41) is 1.60. The maximum absolute atomic E-state index is 11.7. The SMILES string of the molecule is CCCOC(=O)c1cc2cc(C=O)ccc2c(Cl)n1. The molecule has 0 unspecified atom stereocenters. The molecule has 0 fully saturated rings. The number of halogens is 1. The first kappa shape index (κ1) is 13.5. The number of carbonyl (C=O) groups excluding carboxylic acids is 2. The van der Waals surface area contributed by atoms with Crippen LogP contribution < -0.4 is 0 Å². The number of benzene rings is 1. The van der Waals surface area contributed by atoms with Crippen LogP contribution >= 0.6 is 11.6 Å². The second kappa shape index (κ2) is 5.80. The fourth-order valence-electron chi connectivity index (χ4n) is 1.68. The molecule has 1 aromatic heterocycles. The van der Waals surface area contributed by atoms with Crippen molar-refractivity contribution >= 4 is 34.6 Å². The van der Waals surface area contributed by atoms with Gasteiger partial charge < -0.3 is 4.74 Å². The van der Waals surface area contributed by atoms with Gasteiger partial charge in [-0.1, -0.05) is 30.7 Å². The van der Waals surface area contributed by atoms with Crippen LogP contribution in [0.1, 0.15) is 34.2 Å². The monoisotopic (exact) mass is 277 g/mol. The van der Waals surface area contributed by atoms with Crippen molar-refractivity contribution in [3.8, 4) is 0 Å². The predicted octanol–water partition coefficient (Wildman–Crippen LogP) is 3.27. The molecule has 19 heavy (non-hydrogen) atoms. The molecule has 2 rings (SSSR count). The van der Waals surface area contributed by atoms with Gasteiger partial charge in [0.1, 0.15) is 11.4 Å². The van der Waals surface area contributed by atoms with Gasteiger partial charge in [-0.15, -0.1) is 0 Å². The zero-order chi connectivity index (χ0) is 13.8. The second-order valence-electron chi connectivity index (χ2n) is 4.03. The Balaban J connectivity index is 2.46. The van der Waals surface area contributed by atoms with Gasteiger partial charge in [-0.2, -0.15) is 0 Å². The van der Waals surface area contributed by atoms with Crippen LogP contribution in [0.25, 0.3) is 10.8 Å². The van der Waals surface area contributed by atoms with E-state index in [1.54, 1.807) is 24.3 Å². The summed E-state index contributed by atoms with van der Waals surface area (Å²) in [7, 11) is 0. The molecule has 0 aliphatic carbocycles. The number of aldehydes is 1. The van der Waals surface area contributed by atoms with Crippen molar-refractivity contribution in [1.82, 2.24) is 4.98 Å². The summed E-state index contributed by atoms with van der Waals surface area (Å²) >= 11 is 6.03. The number of aromatic nitrogens is 1. The standard InChI is InChI=1S/C14H12ClNO3/c1-2-5-19-14(18)12-7-10-6-9(8-17)3-4-11(10)13(15)16-12/h3-4,6-8H,2,5H2,1H3. The smallest absolute Gasteiger partial charge is 0.357 e. The van der Waals surface area contributed by atoms with Gasteiger partial charge in [0.15, 0.2) is 5.69 Å². The van der Waals surface area contributed by atoms with Crippen molar-refractivity contribution in [1.29, 1.82) is 0 Å². The predicted molar refractivity (Wildman–Crippen MR) is 72.7 cm³/mol. The molecule has 0 spiro atoms. The minimum absolute atomic E-state index is 0.147. The number of pyridine rings is 1. The molecule has 1 heterocycles. The third-order valence-corrected chi connectivity index (χ3v) is 2.88. The topological polar surface area (TPSA) is 56.3 Å². The summed E-state index contributed by atoms with van der Waals surface area (Å²) in [5.74, 6) is -0.512. The van der Waals surface area contributed by atoms with Crippen LogP contribution in [0, 0.1) is 0 Å². The highest BCUT2D eigenvalue weighted by molar-refractivity contribution is 6.34. The lowest BCUT2D eigenvalue weighted by Gasteiger charge is -2.06. The molecular formula is C14H12ClNO3. The van der Waals surface area contributed by atoms with Crippen LogP contribution in [0.2, 0.25) is 5.15 Å². The molecule has 98 valence electrons. The van der Waals surface area contributed by atoms with E-state index in [0.29, 0.717) is 22.9 Å². The molecule has 2 aromatic rings. The van der Waals surface area contributed by atoms with Crippen LogP contribution in [0.15, 0.2) is 24.3 Å². The summed E-state index contributed by atoms with van der Waals surface area (Å²) in [6, 6.07) is 6.59. The lowest BCUT2D eigenvalue weighted by molar-refractivity contribution is 0.0498. The molecule has 0 N–H and O–H groups in total. The molecule has 0 aliphatic heterocycles. The summed E-state index contributed by atoms with van der Waals surface area (Å²) in [4.78, 5) is 26.5. The second-order valence-corrected chi connectivity index (χ2v) is 4.39. The minimum Gasteiger partial charge on any atom is -0.461 e. The molecule has 0 saturated carbocycles. The summed E-state index contributed by atoms with van der Waals surface area (Å²) < 4.78 is 5.01. The van der Waals surface area contributed by atoms with Crippen LogP contribution in [-0.4, -0.2) is 23.8 Å². The third kappa shape index (κ3) is 2.90. The number of fused-ring (bicyclic) bond motifs is 1. The average molecular weight is 278 g/mol. The molecule has 0 bridgehead atoms. The fourth-order valence-corrected chi connectivity index (χ4v) is 1.94. The number of ether oxygens (including phenoxy) is 1. The van der Waals surface area contributed by atoms with Crippen molar-refractivity contribution in [3.63, 3.8) is 0 Å². The lowest BCUT2D eigenvalue weighted by atomic mass is 10.1. The highest BCUT2D eigenvalue weighted by atomic mass is 35.5. The van der Waals surface area contributed by atoms with Crippen LogP contribution in [0.5, 0.6) is 0 Å². The number of carbonyl (C=O) groups is 2. The quantitative estimate of drug-likeness (QED) is 0.489. The van der Waals surface area contributed by atoms with Gasteiger partial charge in [-0.3, -0.25) is 4.79 Å². The van der Waals surface area contributed by atoms with Gasteiger partial charge >= 0.3 is 5.97 Å². The number of hydrogen-bond acceptors (Lipinski definition) is 4. The Bertz CT molecular complexity index is 640. The number of esters is 1. The van der Waals surface area contributed by atoms with Gasteiger partial charge in [0.05, 0.1) is 6.61 Å². The maximum atomic E-state index is 11.7. The van der Waals surface area contributed by atoms with E-state index in [1.165, 1.54) is 0 Å². The highest BCUT2D eigenvalue weighted by Crippen LogP contribution is 2.23. The first-order chi connectivity index (χ1) is 9.15. The summed E-state index contributed by atoms with van der Waals surface area (Å²) in [5.41, 5.74) is 0.664. The van der Waals surface area contributed by atoms with Crippen LogP contribution in [0.3, 0.4) is 0 Å². The van der Waals surface area contributed by atoms with Gasteiger partial charge in [0.25, 0.3) is 0 Å². The summed E-state index contributed by atoms with van der Waals surface area (Å²) in [6.07, 6.45) is 1.48. The molecule has 4 nitrogen and oxygen atoms in total. The Morgan fingerprint density at radius 1 is 1.42 bits per heavy atom. The van der Waals surface area contributed by atoms with E-state index in [-0.39, 0.29) is 10.8 Å². The zero-order valence-electron chi connectivity index (χ0n) is 10.4. The van der Waals surface area contributed by atoms with Gasteiger partial charge in [-0.05, 0) is 23.9 Å². The van der Waals surface area contributed by atoms with Gasteiger partial charge in [0, 0.05) is 10.9 Å². The van der Waals surface area contributed by atoms with E-state index in [9.17, 15) is 9.59 Å². The number of hydrogen-bond donors (Lipinski definition) is 0. The molecular weight excluding hydrogens is 266 g/mol. The van der Waals surface area contributed by atoms with Gasteiger partial charge in [0.2, 0.25) is 0 Å². The Morgan fingerprint density at radius 2 is 2.21 bits per heavy atom. The lowest BCUT2D eigenvalue weighted by Crippen LogP contribution is -2.08. The zero-order valence-corrected chi connectivity index (χ0v) is 11.1. The van der Waals surface area contributed by atoms with E-state index in [4.69, 9.17) is 16.3 Å². The first-order valence-electron chi connectivity index (χ1n) is 5.88. The van der Waals surface area contributed by atoms with Crippen LogP contribution in [-0.2, 0) is 4.74 Å². The summed E-state index contributed by atoms with van der Waals surface area (Å²) in [6.45, 7) is 2.25. The van der Waals surface area contributed by atoms with Crippen molar-refractivity contribution in [2.45, 2.75) is 13.3 Å². The minimum atomic E-state index is -0.512. The van der Waals surface area contributed by atoms with E-state index >= 15 is 0 Å². The van der Waals surface area contributed by atoms with E-state index in [1.807, 2.05) is 6.92 Å². The first-order valence-corrected chi connectivity index (χ1v) is 6.26. The molecule has 0 aliphatic rings. The Hall–Kier alpha value is -1.94. The van der Waals surface area contributed by atoms with Crippen molar-refractivity contribution in [2.24, 2.45) is 0 Å². The molecule has 0 radical (unpaired) electrons. The van der Waals surface area contributed by atoms with E-state index < -0.39 is 5.97 Å². The normalized spacial score (nSPS) is 10.4. The van der Waals surface area contributed by atoms with Crippen molar-refractivity contribution in [3.05, 3.63) is 40.7 Å². The molecule has 0 atom stereocenters. The Morgan fingerprint density at radius 3 is 2.89 bits per heavy atom. The Labute approximate surface area is 115 Å². The third-order valence-electron chi connectivity index (χ3n) is 2.59. The molecule has 0 saturated heterocycles. The average Bonchev–Trinajstić information content (AvgIpc) is 2.43. The van der Waals surface area contributed by atoms with Crippen LogP contribution in [0.4, 0.5) is 0 Å². The van der Waals surface area contributed by atoms with E-state index in [2.05, 4.69) is 4.98 Å². The number of rotatable bonds is 4. The maximum Gasteiger partial charge on any atom is 0.357 e. The largest absolute Gasteiger partial charge is 0.461 e. The highest BCUT2D eigenvalue weighted by Gasteiger charge is 2.12. The Kier molecular flexibility index (Phi) is 4.12.